The van der Waals surface area contributed by atoms with E-state index in [-0.39, 0.29) is 6.04 Å². The summed E-state index contributed by atoms with van der Waals surface area (Å²) in [5, 5.41) is 15.6. The smallest absolute Gasteiger partial charge is 0.328 e. The van der Waals surface area contributed by atoms with Crippen LogP contribution in [0.1, 0.15) is 18.1 Å². The van der Waals surface area contributed by atoms with Gasteiger partial charge in [-0.2, -0.15) is 0 Å². The maximum atomic E-state index is 9.55. The number of carboxylic acids is 2. The number of hydrogen-bond acceptors (Lipinski definition) is 4. The molecule has 144 valence electrons. The number of fused-ring (bicyclic) bond motifs is 3. The first-order valence-corrected chi connectivity index (χ1v) is 8.56. The highest BCUT2D eigenvalue weighted by molar-refractivity contribution is 5.89. The topological polar surface area (TPSA) is 115 Å². The molecule has 1 atom stereocenters. The molecule has 0 saturated carbocycles. The Bertz CT molecular complexity index is 836. The van der Waals surface area contributed by atoms with Gasteiger partial charge in [0.15, 0.2) is 0 Å². The summed E-state index contributed by atoms with van der Waals surface area (Å²) in [7, 11) is 1.71. The molecule has 1 aliphatic rings. The Hall–Kier alpha value is -3.06. The molecule has 3 rings (SSSR count). The monoisotopic (exact) mass is 372 g/mol. The van der Waals surface area contributed by atoms with Crippen molar-refractivity contribution in [3.63, 3.8) is 0 Å². The second-order valence-electron chi connectivity index (χ2n) is 6.35. The highest BCUT2D eigenvalue weighted by atomic mass is 16.5. The predicted octanol–water partition coefficient (Wildman–Crippen LogP) is 2.32. The summed E-state index contributed by atoms with van der Waals surface area (Å²) >= 11 is 0. The highest BCUT2D eigenvalue weighted by Crippen LogP contribution is 2.36. The van der Waals surface area contributed by atoms with Crippen molar-refractivity contribution >= 4 is 11.9 Å². The number of benzene rings is 1. The maximum absolute atomic E-state index is 9.55. The summed E-state index contributed by atoms with van der Waals surface area (Å²) in [6, 6.07) is 8.75. The second-order valence-corrected chi connectivity index (χ2v) is 6.35. The third-order valence-corrected chi connectivity index (χ3v) is 4.14. The summed E-state index contributed by atoms with van der Waals surface area (Å²) in [5.74, 6) is -1.60. The Morgan fingerprint density at radius 1 is 1.19 bits per heavy atom. The number of aromatic nitrogens is 1. The van der Waals surface area contributed by atoms with Crippen molar-refractivity contribution in [1.82, 2.24) is 4.57 Å². The van der Waals surface area contributed by atoms with E-state index in [2.05, 4.69) is 29.0 Å². The van der Waals surface area contributed by atoms with E-state index >= 15 is 0 Å². The molecule has 1 aliphatic carbocycles. The van der Waals surface area contributed by atoms with Gasteiger partial charge in [-0.15, -0.1) is 0 Å². The highest BCUT2D eigenvalue weighted by Gasteiger charge is 2.20. The van der Waals surface area contributed by atoms with Gasteiger partial charge < -0.3 is 25.3 Å². The Kier molecular flexibility index (Phi) is 6.79. The number of ether oxygens (including phenoxy) is 1. The average molecular weight is 372 g/mol. The van der Waals surface area contributed by atoms with E-state index in [0.717, 1.165) is 25.1 Å². The van der Waals surface area contributed by atoms with E-state index in [9.17, 15) is 9.59 Å². The molecule has 0 spiro atoms. The number of aryl methyl sites for hydroxylation is 2. The number of hydrogen-bond donors (Lipinski definition) is 3. The summed E-state index contributed by atoms with van der Waals surface area (Å²) in [6.45, 7) is 2.90. The molecule has 7 nitrogen and oxygen atoms in total. The van der Waals surface area contributed by atoms with Crippen LogP contribution in [0.4, 0.5) is 0 Å². The van der Waals surface area contributed by atoms with Gasteiger partial charge in [0.2, 0.25) is 0 Å². The second kappa shape index (κ2) is 9.05. The summed E-state index contributed by atoms with van der Waals surface area (Å²) in [6.07, 6.45) is 5.49. The van der Waals surface area contributed by atoms with Crippen LogP contribution in [0.3, 0.4) is 0 Å². The molecule has 4 N–H and O–H groups in total. The molecular weight excluding hydrogens is 348 g/mol. The lowest BCUT2D eigenvalue weighted by molar-refractivity contribution is -0.134. The third-order valence-electron chi connectivity index (χ3n) is 4.14. The minimum atomic E-state index is -1.26. The van der Waals surface area contributed by atoms with E-state index < -0.39 is 11.9 Å². The number of methoxy groups -OCH3 is 1. The van der Waals surface area contributed by atoms with E-state index in [1.165, 1.54) is 22.4 Å². The van der Waals surface area contributed by atoms with Crippen molar-refractivity contribution in [3.8, 4) is 17.0 Å². The van der Waals surface area contributed by atoms with Gasteiger partial charge in [-0.1, -0.05) is 6.07 Å². The molecular formula is C20H24N2O5. The Morgan fingerprint density at radius 2 is 1.81 bits per heavy atom. The van der Waals surface area contributed by atoms with E-state index in [0.29, 0.717) is 12.2 Å². The Morgan fingerprint density at radius 3 is 2.37 bits per heavy atom. The molecule has 0 amide bonds. The van der Waals surface area contributed by atoms with E-state index in [1.54, 1.807) is 7.11 Å². The first-order chi connectivity index (χ1) is 12.8. The van der Waals surface area contributed by atoms with Crippen LogP contribution in [0.2, 0.25) is 0 Å². The van der Waals surface area contributed by atoms with E-state index in [4.69, 9.17) is 20.7 Å². The number of nitrogens with zero attached hydrogens (tertiary/aromatic N) is 1. The minimum Gasteiger partial charge on any atom is -0.497 e. The van der Waals surface area contributed by atoms with Gasteiger partial charge in [-0.3, -0.25) is 0 Å². The largest absolute Gasteiger partial charge is 0.497 e. The minimum absolute atomic E-state index is 0.160. The third kappa shape index (κ3) is 5.46. The van der Waals surface area contributed by atoms with E-state index in [1.807, 2.05) is 13.0 Å². The Labute approximate surface area is 157 Å². The Balaban J connectivity index is 0.000000279. The maximum Gasteiger partial charge on any atom is 0.328 e. The fourth-order valence-corrected chi connectivity index (χ4v) is 3.04. The molecule has 0 bridgehead atoms. The van der Waals surface area contributed by atoms with Gasteiger partial charge in [0.1, 0.15) is 5.75 Å². The van der Waals surface area contributed by atoms with Crippen molar-refractivity contribution < 1.29 is 24.5 Å². The SMILES string of the molecule is COc1ccc2c(c1)-c1c(ccn1C[C@H](C)N)CC2.O=C(O)C=CC(=O)O. The lowest BCUT2D eigenvalue weighted by Crippen LogP contribution is -2.22. The van der Waals surface area contributed by atoms with Gasteiger partial charge in [0.05, 0.1) is 12.8 Å². The van der Waals surface area contributed by atoms with Crippen molar-refractivity contribution in [2.24, 2.45) is 5.73 Å². The van der Waals surface area contributed by atoms with Crippen molar-refractivity contribution in [2.75, 3.05) is 7.11 Å². The van der Waals surface area contributed by atoms with Gasteiger partial charge in [-0.05, 0) is 49.1 Å². The molecule has 1 aromatic heterocycles. The lowest BCUT2D eigenvalue weighted by Gasteiger charge is -2.21. The van der Waals surface area contributed by atoms with Crippen LogP contribution in [0.15, 0.2) is 42.6 Å². The molecule has 1 aromatic carbocycles. The van der Waals surface area contributed by atoms with Crippen LogP contribution in [-0.2, 0) is 29.0 Å². The van der Waals surface area contributed by atoms with Crippen LogP contribution in [0.5, 0.6) is 5.75 Å². The zero-order chi connectivity index (χ0) is 20.0. The number of aliphatic carboxylic acids is 2. The zero-order valence-corrected chi connectivity index (χ0v) is 15.4. The predicted molar refractivity (Wildman–Crippen MR) is 102 cm³/mol. The summed E-state index contributed by atoms with van der Waals surface area (Å²) < 4.78 is 7.63. The van der Waals surface area contributed by atoms with Crippen LogP contribution >= 0.6 is 0 Å². The molecule has 0 saturated heterocycles. The first kappa shape index (κ1) is 20.3. The molecule has 2 aromatic rings. The quantitative estimate of drug-likeness (QED) is 0.694. The first-order valence-electron chi connectivity index (χ1n) is 8.56. The van der Waals surface area contributed by atoms with Gasteiger partial charge >= 0.3 is 11.9 Å². The van der Waals surface area contributed by atoms with Crippen LogP contribution in [-0.4, -0.2) is 39.9 Å². The van der Waals surface area contributed by atoms with Crippen molar-refractivity contribution in [3.05, 3.63) is 53.7 Å². The molecule has 27 heavy (non-hydrogen) atoms. The molecule has 1 heterocycles. The van der Waals surface area contributed by atoms with Crippen LogP contribution in [0, 0.1) is 0 Å². The standard InChI is InChI=1S/C16H20N2O.C4H4O4/c1-11(17)10-18-8-7-13-4-3-12-5-6-14(19-2)9-15(12)16(13)18;5-3(6)1-2-4(7)8/h5-9,11H,3-4,10,17H2,1-2H3;1-2H,(H,5,6)(H,7,8)/t11-;/m0./s1. The molecule has 0 unspecified atom stereocenters. The summed E-state index contributed by atoms with van der Waals surface area (Å²) in [4.78, 5) is 19.1. The number of carboxylic acid groups (broad SMARTS) is 2. The average Bonchev–Trinajstić information content (AvgIpc) is 3.02. The van der Waals surface area contributed by atoms with Crippen molar-refractivity contribution in [2.45, 2.75) is 32.4 Å². The van der Waals surface area contributed by atoms with Crippen molar-refractivity contribution in [1.29, 1.82) is 0 Å². The fraction of sp³-hybridized carbons (Fsp3) is 0.300. The number of rotatable bonds is 5. The van der Waals surface area contributed by atoms with Gasteiger partial charge in [-0.25, -0.2) is 9.59 Å². The van der Waals surface area contributed by atoms with Crippen LogP contribution < -0.4 is 10.5 Å². The molecule has 7 heteroatoms. The van der Waals surface area contributed by atoms with Crippen LogP contribution in [0.25, 0.3) is 11.3 Å². The molecule has 0 aliphatic heterocycles. The zero-order valence-electron chi connectivity index (χ0n) is 15.4. The number of carbonyl (C=O) groups is 2. The normalized spacial score (nSPS) is 13.1. The number of nitrogens with two attached hydrogens (primary N) is 1. The van der Waals surface area contributed by atoms with Gasteiger partial charge in [0.25, 0.3) is 0 Å². The summed E-state index contributed by atoms with van der Waals surface area (Å²) in [5.41, 5.74) is 11.4. The van der Waals surface area contributed by atoms with Gasteiger partial charge in [0, 0.05) is 36.5 Å². The fourth-order valence-electron chi connectivity index (χ4n) is 3.04. The molecule has 0 fully saturated rings. The molecule has 0 radical (unpaired) electrons. The lowest BCUT2D eigenvalue weighted by atomic mass is 9.90.